The van der Waals surface area contributed by atoms with Crippen LogP contribution in [0.5, 0.6) is 0 Å². The van der Waals surface area contributed by atoms with Crippen molar-refractivity contribution in [1.29, 1.82) is 0 Å². The maximum atomic E-state index is 13.0. The first-order valence-corrected chi connectivity index (χ1v) is 6.91. The topological polar surface area (TPSA) is 67.4 Å². The summed E-state index contributed by atoms with van der Waals surface area (Å²) in [6, 6.07) is 5.18. The highest BCUT2D eigenvalue weighted by molar-refractivity contribution is 5.78. The summed E-state index contributed by atoms with van der Waals surface area (Å²) in [6.07, 6.45) is 0.321. The predicted octanol–water partition coefficient (Wildman–Crippen LogP) is 1.55. The Hall–Kier alpha value is -1.95. The van der Waals surface area contributed by atoms with Crippen LogP contribution in [0.2, 0.25) is 0 Å². The van der Waals surface area contributed by atoms with E-state index in [9.17, 15) is 14.0 Å². The fraction of sp³-hybridized carbons (Fsp3) is 0.467. The van der Waals surface area contributed by atoms with Crippen molar-refractivity contribution in [3.05, 3.63) is 35.6 Å². The molecule has 0 saturated carbocycles. The molecule has 0 aliphatic rings. The minimum Gasteiger partial charge on any atom is -0.466 e. The summed E-state index contributed by atoms with van der Waals surface area (Å²) in [6.45, 7) is 2.54. The van der Waals surface area contributed by atoms with E-state index in [4.69, 9.17) is 4.74 Å². The Morgan fingerprint density at radius 2 is 1.95 bits per heavy atom. The highest BCUT2D eigenvalue weighted by Gasteiger charge is 2.19. The molecule has 0 fully saturated rings. The van der Waals surface area contributed by atoms with Gasteiger partial charge in [0.25, 0.3) is 0 Å². The molecule has 0 heterocycles. The molecule has 1 aromatic rings. The number of nitrogens with one attached hydrogen (secondary N) is 2. The number of amides is 1. The van der Waals surface area contributed by atoms with Gasteiger partial charge in [0.05, 0.1) is 19.1 Å². The summed E-state index contributed by atoms with van der Waals surface area (Å²) in [5.41, 5.74) is 0.669. The molecule has 0 spiro atoms. The SMILES string of the molecule is CCOC(=O)CC(NC(=O)CCNC)c1ccc(F)cc1. The lowest BCUT2D eigenvalue weighted by atomic mass is 10.0. The van der Waals surface area contributed by atoms with Gasteiger partial charge in [-0.15, -0.1) is 0 Å². The largest absolute Gasteiger partial charge is 0.466 e. The zero-order valence-electron chi connectivity index (χ0n) is 12.3. The van der Waals surface area contributed by atoms with Crippen molar-refractivity contribution in [3.8, 4) is 0 Å². The van der Waals surface area contributed by atoms with Gasteiger partial charge >= 0.3 is 5.97 Å². The lowest BCUT2D eigenvalue weighted by Crippen LogP contribution is -2.32. The second-order valence-corrected chi connectivity index (χ2v) is 4.53. The van der Waals surface area contributed by atoms with Crippen LogP contribution in [0.25, 0.3) is 0 Å². The van der Waals surface area contributed by atoms with Crippen LogP contribution in [-0.4, -0.2) is 32.1 Å². The zero-order valence-corrected chi connectivity index (χ0v) is 12.3. The molecule has 0 aromatic heterocycles. The van der Waals surface area contributed by atoms with E-state index in [1.165, 1.54) is 12.1 Å². The molecule has 21 heavy (non-hydrogen) atoms. The van der Waals surface area contributed by atoms with Crippen molar-refractivity contribution >= 4 is 11.9 Å². The number of halogens is 1. The second kappa shape index (κ2) is 9.07. The van der Waals surface area contributed by atoms with Gasteiger partial charge < -0.3 is 15.4 Å². The van der Waals surface area contributed by atoms with E-state index in [-0.39, 0.29) is 24.8 Å². The number of hydrogen-bond donors (Lipinski definition) is 2. The lowest BCUT2D eigenvalue weighted by Gasteiger charge is -2.18. The zero-order chi connectivity index (χ0) is 15.7. The number of ether oxygens (including phenoxy) is 1. The monoisotopic (exact) mass is 296 g/mol. The quantitative estimate of drug-likeness (QED) is 0.714. The van der Waals surface area contributed by atoms with Gasteiger partial charge in [0.15, 0.2) is 0 Å². The van der Waals surface area contributed by atoms with Gasteiger partial charge in [-0.25, -0.2) is 4.39 Å². The van der Waals surface area contributed by atoms with Gasteiger partial charge in [0, 0.05) is 13.0 Å². The maximum Gasteiger partial charge on any atom is 0.308 e. The van der Waals surface area contributed by atoms with Crippen LogP contribution in [0, 0.1) is 5.82 Å². The van der Waals surface area contributed by atoms with Crippen LogP contribution in [0.3, 0.4) is 0 Å². The van der Waals surface area contributed by atoms with Crippen LogP contribution in [0.15, 0.2) is 24.3 Å². The van der Waals surface area contributed by atoms with Crippen LogP contribution in [0.1, 0.15) is 31.4 Å². The van der Waals surface area contributed by atoms with E-state index in [2.05, 4.69) is 10.6 Å². The Bertz CT molecular complexity index is 462. The standard InChI is InChI=1S/C15H21FN2O3/c1-3-21-15(20)10-13(18-14(19)8-9-17-2)11-4-6-12(16)7-5-11/h4-7,13,17H,3,8-10H2,1-2H3,(H,18,19). The summed E-state index contributed by atoms with van der Waals surface area (Å²) in [5.74, 6) is -0.946. The predicted molar refractivity (Wildman–Crippen MR) is 77.1 cm³/mol. The molecule has 0 aliphatic heterocycles. The average Bonchev–Trinajstić information content (AvgIpc) is 2.45. The second-order valence-electron chi connectivity index (χ2n) is 4.53. The first-order chi connectivity index (χ1) is 10.1. The molecule has 2 N–H and O–H groups in total. The Morgan fingerprint density at radius 1 is 1.29 bits per heavy atom. The van der Waals surface area contributed by atoms with Crippen molar-refractivity contribution in [2.45, 2.75) is 25.8 Å². The average molecular weight is 296 g/mol. The van der Waals surface area contributed by atoms with E-state index in [1.807, 2.05) is 0 Å². The third kappa shape index (κ3) is 6.35. The Morgan fingerprint density at radius 3 is 2.52 bits per heavy atom. The minimum atomic E-state index is -0.519. The Balaban J connectivity index is 2.76. The molecule has 1 rings (SSSR count). The smallest absolute Gasteiger partial charge is 0.308 e. The molecular weight excluding hydrogens is 275 g/mol. The number of carbonyl (C=O) groups is 2. The molecule has 0 bridgehead atoms. The summed E-state index contributed by atoms with van der Waals surface area (Å²) in [4.78, 5) is 23.4. The van der Waals surface area contributed by atoms with Crippen LogP contribution in [0.4, 0.5) is 4.39 Å². The van der Waals surface area contributed by atoms with Crippen molar-refractivity contribution < 1.29 is 18.7 Å². The minimum absolute atomic E-state index is 0.0186. The van der Waals surface area contributed by atoms with E-state index in [0.29, 0.717) is 18.5 Å². The van der Waals surface area contributed by atoms with Gasteiger partial charge in [0.2, 0.25) is 5.91 Å². The molecule has 1 amide bonds. The highest BCUT2D eigenvalue weighted by atomic mass is 19.1. The van der Waals surface area contributed by atoms with Crippen molar-refractivity contribution in [2.75, 3.05) is 20.2 Å². The molecule has 1 aromatic carbocycles. The molecule has 0 aliphatic carbocycles. The normalized spacial score (nSPS) is 11.8. The van der Waals surface area contributed by atoms with Crippen LogP contribution >= 0.6 is 0 Å². The Labute approximate surface area is 123 Å². The molecular formula is C15H21FN2O3. The van der Waals surface area contributed by atoms with E-state index in [1.54, 1.807) is 26.1 Å². The van der Waals surface area contributed by atoms with Gasteiger partial charge in [-0.3, -0.25) is 9.59 Å². The van der Waals surface area contributed by atoms with Crippen molar-refractivity contribution in [2.24, 2.45) is 0 Å². The van der Waals surface area contributed by atoms with Crippen LogP contribution in [-0.2, 0) is 14.3 Å². The summed E-state index contributed by atoms with van der Waals surface area (Å²) in [5, 5.41) is 5.65. The highest BCUT2D eigenvalue weighted by Crippen LogP contribution is 2.18. The molecule has 1 atom stereocenters. The fourth-order valence-corrected chi connectivity index (χ4v) is 1.84. The first kappa shape index (κ1) is 17.1. The number of esters is 1. The third-order valence-corrected chi connectivity index (χ3v) is 2.89. The van der Waals surface area contributed by atoms with E-state index in [0.717, 1.165) is 0 Å². The molecule has 5 nitrogen and oxygen atoms in total. The summed E-state index contributed by atoms with van der Waals surface area (Å²) in [7, 11) is 1.75. The molecule has 6 heteroatoms. The van der Waals surface area contributed by atoms with E-state index >= 15 is 0 Å². The maximum absolute atomic E-state index is 13.0. The first-order valence-electron chi connectivity index (χ1n) is 6.91. The fourth-order valence-electron chi connectivity index (χ4n) is 1.84. The molecule has 0 radical (unpaired) electrons. The third-order valence-electron chi connectivity index (χ3n) is 2.89. The molecule has 1 unspecified atom stereocenters. The van der Waals surface area contributed by atoms with Crippen molar-refractivity contribution in [3.63, 3.8) is 0 Å². The number of rotatable bonds is 8. The number of carbonyl (C=O) groups excluding carboxylic acids is 2. The summed E-state index contributed by atoms with van der Waals surface area (Å²) < 4.78 is 17.9. The van der Waals surface area contributed by atoms with Gasteiger partial charge in [0.1, 0.15) is 5.82 Å². The molecule has 0 saturated heterocycles. The van der Waals surface area contributed by atoms with E-state index < -0.39 is 12.0 Å². The van der Waals surface area contributed by atoms with Gasteiger partial charge in [-0.05, 0) is 31.7 Å². The Kier molecular flexibility index (Phi) is 7.39. The lowest BCUT2D eigenvalue weighted by molar-refractivity contribution is -0.143. The van der Waals surface area contributed by atoms with Gasteiger partial charge in [-0.2, -0.15) is 0 Å². The molecule has 116 valence electrons. The summed E-state index contributed by atoms with van der Waals surface area (Å²) >= 11 is 0. The number of hydrogen-bond acceptors (Lipinski definition) is 4. The van der Waals surface area contributed by atoms with Crippen LogP contribution < -0.4 is 10.6 Å². The number of benzene rings is 1. The van der Waals surface area contributed by atoms with Crippen molar-refractivity contribution in [1.82, 2.24) is 10.6 Å². The van der Waals surface area contributed by atoms with Gasteiger partial charge in [-0.1, -0.05) is 12.1 Å².